The Morgan fingerprint density at radius 2 is 2.00 bits per heavy atom. The van der Waals surface area contributed by atoms with Crippen molar-refractivity contribution in [2.45, 2.75) is 51.2 Å². The largest absolute Gasteiger partial charge is 0.483 e. The molecule has 168 valence electrons. The minimum Gasteiger partial charge on any atom is -0.483 e. The number of amides is 1. The van der Waals surface area contributed by atoms with Crippen molar-refractivity contribution in [1.29, 1.82) is 0 Å². The van der Waals surface area contributed by atoms with Crippen LogP contribution in [0.4, 0.5) is 0 Å². The Morgan fingerprint density at radius 3 is 2.75 bits per heavy atom. The third-order valence-corrected chi connectivity index (χ3v) is 6.75. The van der Waals surface area contributed by atoms with Crippen molar-refractivity contribution < 1.29 is 19.3 Å². The summed E-state index contributed by atoms with van der Waals surface area (Å²) < 4.78 is 4.95. The summed E-state index contributed by atoms with van der Waals surface area (Å²) in [7, 11) is 0. The molecular formula is C24H28N4O4. The first kappa shape index (κ1) is 22.0. The normalized spacial score (nSPS) is 24.2. The molecule has 0 spiro atoms. The molecule has 8 nitrogen and oxygen atoms in total. The first-order valence-electron chi connectivity index (χ1n) is 11.0. The number of fused-ring (bicyclic) bond motifs is 3. The van der Waals surface area contributed by atoms with E-state index in [4.69, 9.17) is 14.5 Å². The van der Waals surface area contributed by atoms with E-state index in [0.717, 1.165) is 48.8 Å². The molecular weight excluding hydrogens is 408 g/mol. The van der Waals surface area contributed by atoms with Gasteiger partial charge in [0, 0.05) is 25.2 Å². The maximum atomic E-state index is 13.4. The van der Waals surface area contributed by atoms with Crippen molar-refractivity contribution in [2.24, 2.45) is 5.41 Å². The molecule has 2 N–H and O–H groups in total. The molecule has 0 saturated carbocycles. The summed E-state index contributed by atoms with van der Waals surface area (Å²) in [5.74, 6) is 0.197. The van der Waals surface area contributed by atoms with Crippen molar-refractivity contribution in [3.63, 3.8) is 0 Å². The number of nitrogens with one attached hydrogen (secondary N) is 1. The molecule has 2 bridgehead atoms. The number of hydrogen-bond acceptors (Lipinski definition) is 6. The Hall–Kier alpha value is -3.26. The van der Waals surface area contributed by atoms with Crippen molar-refractivity contribution in [3.05, 3.63) is 59.7 Å². The van der Waals surface area contributed by atoms with E-state index in [2.05, 4.69) is 50.9 Å². The highest BCUT2D eigenvalue weighted by Crippen LogP contribution is 2.52. The van der Waals surface area contributed by atoms with Crippen LogP contribution in [-0.4, -0.2) is 51.3 Å². The predicted molar refractivity (Wildman–Crippen MR) is 119 cm³/mol. The molecule has 32 heavy (non-hydrogen) atoms. The fourth-order valence-corrected chi connectivity index (χ4v) is 5.54. The summed E-state index contributed by atoms with van der Waals surface area (Å²) in [5.41, 5.74) is 3.58. The van der Waals surface area contributed by atoms with Gasteiger partial charge < -0.3 is 10.4 Å². The zero-order chi connectivity index (χ0) is 22.6. The lowest BCUT2D eigenvalue weighted by molar-refractivity contribution is -0.133. The second-order valence-corrected chi connectivity index (χ2v) is 8.46. The van der Waals surface area contributed by atoms with Gasteiger partial charge in [0.25, 0.3) is 6.47 Å². The Labute approximate surface area is 186 Å². The van der Waals surface area contributed by atoms with E-state index in [-0.39, 0.29) is 23.8 Å². The molecule has 3 atom stereocenters. The monoisotopic (exact) mass is 436 g/mol. The standard InChI is InChI=1S/C23H26N4O2.CH2O2/c1-2-24-22(28)23(13-16-7-4-3-5-8-16)14-18-11-12-20(23)27(18)15-17-9-6-10-19-21(17)26-29-25-19;2-1-3/h3-10,18,20H,2,11-15H2,1H3,(H,24,28);1H,(H,2,3)/t18-,20+,23+;/m0./s1. The fourth-order valence-electron chi connectivity index (χ4n) is 5.54. The Kier molecular flexibility index (Phi) is 6.50. The quantitative estimate of drug-likeness (QED) is 0.572. The molecule has 5 rings (SSSR count). The highest BCUT2D eigenvalue weighted by atomic mass is 16.6. The van der Waals surface area contributed by atoms with Crippen LogP contribution in [0.2, 0.25) is 0 Å². The lowest BCUT2D eigenvalue weighted by atomic mass is 9.69. The maximum Gasteiger partial charge on any atom is 0.290 e. The average Bonchev–Trinajstić information content (AvgIpc) is 3.50. The van der Waals surface area contributed by atoms with Crippen LogP contribution >= 0.6 is 0 Å². The van der Waals surface area contributed by atoms with E-state index in [1.165, 1.54) is 5.56 Å². The number of rotatable bonds is 6. The van der Waals surface area contributed by atoms with Gasteiger partial charge in [-0.3, -0.25) is 14.5 Å². The molecule has 2 aliphatic rings. The molecule has 8 heteroatoms. The van der Waals surface area contributed by atoms with Crippen LogP contribution < -0.4 is 5.32 Å². The highest BCUT2D eigenvalue weighted by molar-refractivity contribution is 5.84. The number of nitrogens with zero attached hydrogens (tertiary/aromatic N) is 3. The summed E-state index contributed by atoms with van der Waals surface area (Å²) in [6, 6.07) is 17.1. The van der Waals surface area contributed by atoms with Crippen LogP contribution in [0.5, 0.6) is 0 Å². The van der Waals surface area contributed by atoms with Crippen LogP contribution in [-0.2, 0) is 22.6 Å². The van der Waals surface area contributed by atoms with Crippen molar-refractivity contribution >= 4 is 23.4 Å². The van der Waals surface area contributed by atoms with Gasteiger partial charge >= 0.3 is 0 Å². The zero-order valence-corrected chi connectivity index (χ0v) is 18.1. The molecule has 2 aromatic carbocycles. The predicted octanol–water partition coefficient (Wildman–Crippen LogP) is 3.03. The summed E-state index contributed by atoms with van der Waals surface area (Å²) in [4.78, 5) is 24.2. The average molecular weight is 437 g/mol. The Morgan fingerprint density at radius 1 is 1.22 bits per heavy atom. The molecule has 0 unspecified atom stereocenters. The second-order valence-electron chi connectivity index (χ2n) is 8.46. The number of benzene rings is 2. The van der Waals surface area contributed by atoms with Gasteiger partial charge in [-0.25, -0.2) is 4.63 Å². The van der Waals surface area contributed by atoms with Crippen molar-refractivity contribution in [3.8, 4) is 0 Å². The van der Waals surface area contributed by atoms with Gasteiger partial charge in [0.15, 0.2) is 0 Å². The third-order valence-electron chi connectivity index (χ3n) is 6.75. The third kappa shape index (κ3) is 3.98. The molecule has 1 aromatic heterocycles. The topological polar surface area (TPSA) is 109 Å². The van der Waals surface area contributed by atoms with E-state index in [0.29, 0.717) is 12.6 Å². The molecule has 2 saturated heterocycles. The van der Waals surface area contributed by atoms with Crippen LogP contribution in [0.1, 0.15) is 37.3 Å². The Bertz CT molecular complexity index is 1070. The summed E-state index contributed by atoms with van der Waals surface area (Å²) >= 11 is 0. The zero-order valence-electron chi connectivity index (χ0n) is 18.1. The second kappa shape index (κ2) is 9.48. The van der Waals surface area contributed by atoms with Gasteiger partial charge in [-0.2, -0.15) is 0 Å². The lowest BCUT2D eigenvalue weighted by Crippen LogP contribution is -2.50. The molecule has 1 amide bonds. The highest BCUT2D eigenvalue weighted by Gasteiger charge is 2.59. The van der Waals surface area contributed by atoms with Gasteiger partial charge in [-0.05, 0) is 60.1 Å². The number of carboxylic acid groups (broad SMARTS) is 1. The Balaban J connectivity index is 0.000000775. The van der Waals surface area contributed by atoms with Crippen LogP contribution in [0.3, 0.4) is 0 Å². The number of aromatic nitrogens is 2. The summed E-state index contributed by atoms with van der Waals surface area (Å²) in [5, 5.41) is 18.1. The van der Waals surface area contributed by atoms with E-state index >= 15 is 0 Å². The number of hydrogen-bond donors (Lipinski definition) is 2. The number of carbonyl (C=O) groups excluding carboxylic acids is 1. The van der Waals surface area contributed by atoms with Gasteiger partial charge in [0.1, 0.15) is 11.0 Å². The van der Waals surface area contributed by atoms with Crippen molar-refractivity contribution in [1.82, 2.24) is 20.5 Å². The summed E-state index contributed by atoms with van der Waals surface area (Å²) in [6.07, 6.45) is 3.90. The summed E-state index contributed by atoms with van der Waals surface area (Å²) in [6.45, 7) is 3.19. The van der Waals surface area contributed by atoms with Gasteiger partial charge in [-0.15, -0.1) is 0 Å². The van der Waals surface area contributed by atoms with E-state index in [9.17, 15) is 4.79 Å². The van der Waals surface area contributed by atoms with Crippen LogP contribution in [0.25, 0.3) is 11.0 Å². The van der Waals surface area contributed by atoms with Crippen LogP contribution in [0, 0.1) is 5.41 Å². The molecule has 2 fully saturated rings. The van der Waals surface area contributed by atoms with E-state index in [1.807, 2.05) is 25.1 Å². The van der Waals surface area contributed by atoms with Gasteiger partial charge in [0.05, 0.1) is 5.41 Å². The molecule has 3 heterocycles. The van der Waals surface area contributed by atoms with Crippen LogP contribution in [0.15, 0.2) is 53.2 Å². The smallest absolute Gasteiger partial charge is 0.290 e. The lowest BCUT2D eigenvalue weighted by Gasteiger charge is -2.36. The maximum absolute atomic E-state index is 13.4. The first-order valence-corrected chi connectivity index (χ1v) is 11.0. The first-order chi connectivity index (χ1) is 15.6. The number of carbonyl (C=O) groups is 2. The molecule has 2 aliphatic heterocycles. The van der Waals surface area contributed by atoms with Crippen molar-refractivity contribution in [2.75, 3.05) is 6.54 Å². The van der Waals surface area contributed by atoms with Gasteiger partial charge in [0.2, 0.25) is 5.91 Å². The SMILES string of the molecule is CCNC(=O)[C@]1(Cc2ccccc2)C[C@@H]2CC[C@H]1N2Cc1cccc2nonc12.O=CO. The minimum atomic E-state index is -0.379. The minimum absolute atomic E-state index is 0.197. The van der Waals surface area contributed by atoms with Gasteiger partial charge in [-0.1, -0.05) is 42.5 Å². The van der Waals surface area contributed by atoms with E-state index in [1.54, 1.807) is 0 Å². The molecule has 3 aromatic rings. The fraction of sp³-hybridized carbons (Fsp3) is 0.417. The molecule has 0 radical (unpaired) electrons. The van der Waals surface area contributed by atoms with E-state index < -0.39 is 0 Å². The molecule has 0 aliphatic carbocycles.